The highest BCUT2D eigenvalue weighted by molar-refractivity contribution is 6.31. The van der Waals surface area contributed by atoms with Crippen molar-refractivity contribution >= 4 is 11.6 Å². The Morgan fingerprint density at radius 2 is 1.87 bits per heavy atom. The van der Waals surface area contributed by atoms with E-state index in [-0.39, 0.29) is 5.75 Å². The fraction of sp³-hybridized carbons (Fsp3) is 0.125. The van der Waals surface area contributed by atoms with E-state index in [9.17, 15) is 4.39 Å². The van der Waals surface area contributed by atoms with Crippen LogP contribution in [0, 0.1) is 5.82 Å². The fourth-order valence-electron chi connectivity index (χ4n) is 2.37. The number of methoxy groups -OCH3 is 2. The molecular weight excluding hydrogens is 321 g/mol. The molecule has 0 amide bonds. The van der Waals surface area contributed by atoms with Gasteiger partial charge in [-0.2, -0.15) is 5.10 Å². The summed E-state index contributed by atoms with van der Waals surface area (Å²) in [6, 6.07) is 8.07. The first-order valence-corrected chi connectivity index (χ1v) is 7.09. The Labute approximate surface area is 137 Å². The van der Waals surface area contributed by atoms with Crippen LogP contribution in [0.2, 0.25) is 5.02 Å². The molecule has 0 bridgehead atoms. The molecule has 1 N–H and O–H groups in total. The van der Waals surface area contributed by atoms with Crippen LogP contribution in [0.25, 0.3) is 22.5 Å². The molecule has 0 aliphatic heterocycles. The first-order chi connectivity index (χ1) is 11.1. The van der Waals surface area contributed by atoms with Gasteiger partial charge in [0.1, 0.15) is 12.1 Å². The molecule has 2 aromatic carbocycles. The maximum absolute atomic E-state index is 14.1. The van der Waals surface area contributed by atoms with E-state index in [4.69, 9.17) is 21.1 Å². The predicted molar refractivity (Wildman–Crippen MR) is 85.3 cm³/mol. The summed E-state index contributed by atoms with van der Waals surface area (Å²) in [6.07, 6.45) is 1.39. The lowest BCUT2D eigenvalue weighted by Gasteiger charge is -2.14. The molecule has 0 aliphatic rings. The maximum Gasteiger partial charge on any atom is 0.165 e. The van der Waals surface area contributed by atoms with Crippen LogP contribution in [0.15, 0.2) is 36.7 Å². The maximum atomic E-state index is 14.1. The number of hydrogen-bond donors (Lipinski definition) is 1. The standard InChI is InChI=1S/C16H13ClFN3O2/c1-22-13-4-3-9(5-12(13)18)11-6-10(17)7-14(23-2)15(11)16-19-8-20-21-16/h3-8H,1-2H3,(H,19,20,21). The quantitative estimate of drug-likeness (QED) is 0.785. The summed E-state index contributed by atoms with van der Waals surface area (Å²) in [4.78, 5) is 4.16. The predicted octanol–water partition coefficient (Wildman–Crippen LogP) is 3.95. The van der Waals surface area contributed by atoms with Gasteiger partial charge >= 0.3 is 0 Å². The number of hydrogen-bond acceptors (Lipinski definition) is 4. The molecule has 0 spiro atoms. The summed E-state index contributed by atoms with van der Waals surface area (Å²) in [5.74, 6) is 0.724. The minimum absolute atomic E-state index is 0.170. The fourth-order valence-corrected chi connectivity index (χ4v) is 2.58. The summed E-state index contributed by atoms with van der Waals surface area (Å²) in [5.41, 5.74) is 1.95. The van der Waals surface area contributed by atoms with Crippen LogP contribution in [0.5, 0.6) is 11.5 Å². The van der Waals surface area contributed by atoms with Crippen molar-refractivity contribution in [2.45, 2.75) is 0 Å². The average molecular weight is 334 g/mol. The van der Waals surface area contributed by atoms with Crippen LogP contribution >= 0.6 is 11.6 Å². The number of nitrogens with zero attached hydrogens (tertiary/aromatic N) is 2. The van der Waals surface area contributed by atoms with Crippen molar-refractivity contribution < 1.29 is 13.9 Å². The van der Waals surface area contributed by atoms with E-state index in [1.807, 2.05) is 0 Å². The van der Waals surface area contributed by atoms with Gasteiger partial charge in [0.05, 0.1) is 19.8 Å². The Morgan fingerprint density at radius 1 is 1.09 bits per heavy atom. The number of H-pyrrole nitrogens is 1. The number of aromatic nitrogens is 3. The summed E-state index contributed by atoms with van der Waals surface area (Å²) >= 11 is 6.17. The van der Waals surface area contributed by atoms with Crippen molar-refractivity contribution in [3.63, 3.8) is 0 Å². The Morgan fingerprint density at radius 3 is 2.48 bits per heavy atom. The van der Waals surface area contributed by atoms with Gasteiger partial charge in [-0.1, -0.05) is 17.7 Å². The molecule has 7 heteroatoms. The molecule has 0 radical (unpaired) electrons. The second-order valence-corrected chi connectivity index (χ2v) is 5.15. The van der Waals surface area contributed by atoms with Crippen LogP contribution in [0.1, 0.15) is 0 Å². The SMILES string of the molecule is COc1ccc(-c2cc(Cl)cc(OC)c2-c2ncn[nH]2)cc1F. The normalized spacial score (nSPS) is 10.6. The molecular formula is C16H13ClFN3O2. The lowest BCUT2D eigenvalue weighted by molar-refractivity contribution is 0.386. The van der Waals surface area contributed by atoms with Gasteiger partial charge in [0.25, 0.3) is 0 Å². The minimum atomic E-state index is -0.465. The summed E-state index contributed by atoms with van der Waals surface area (Å²) < 4.78 is 24.4. The molecule has 0 saturated carbocycles. The number of benzene rings is 2. The molecule has 0 atom stereocenters. The van der Waals surface area contributed by atoms with Gasteiger partial charge in [0, 0.05) is 5.02 Å². The van der Waals surface area contributed by atoms with Crippen LogP contribution in [0.3, 0.4) is 0 Å². The molecule has 3 rings (SSSR count). The molecule has 5 nitrogen and oxygen atoms in total. The van der Waals surface area contributed by atoms with Gasteiger partial charge in [-0.05, 0) is 35.4 Å². The van der Waals surface area contributed by atoms with E-state index in [0.29, 0.717) is 33.3 Å². The number of halogens is 2. The molecule has 1 heterocycles. The van der Waals surface area contributed by atoms with E-state index < -0.39 is 5.82 Å². The van der Waals surface area contributed by atoms with Crippen LogP contribution in [-0.4, -0.2) is 29.4 Å². The van der Waals surface area contributed by atoms with Gasteiger partial charge in [-0.15, -0.1) is 0 Å². The number of rotatable bonds is 4. The lowest BCUT2D eigenvalue weighted by Crippen LogP contribution is -1.95. The van der Waals surface area contributed by atoms with Crippen molar-refractivity contribution in [3.8, 4) is 34.0 Å². The molecule has 0 saturated heterocycles. The third kappa shape index (κ3) is 2.85. The van der Waals surface area contributed by atoms with Crippen molar-refractivity contribution in [2.75, 3.05) is 14.2 Å². The zero-order chi connectivity index (χ0) is 16.4. The van der Waals surface area contributed by atoms with Gasteiger partial charge in [0.2, 0.25) is 0 Å². The molecule has 1 aromatic heterocycles. The Hall–Kier alpha value is -2.60. The van der Waals surface area contributed by atoms with Gasteiger partial charge in [0.15, 0.2) is 17.4 Å². The number of nitrogens with one attached hydrogen (secondary N) is 1. The number of aromatic amines is 1. The summed E-state index contributed by atoms with van der Waals surface area (Å²) in [7, 11) is 2.95. The molecule has 118 valence electrons. The third-order valence-corrected chi connectivity index (χ3v) is 3.62. The third-order valence-electron chi connectivity index (χ3n) is 3.40. The van der Waals surface area contributed by atoms with Gasteiger partial charge in [-0.3, -0.25) is 5.10 Å². The molecule has 0 aliphatic carbocycles. The largest absolute Gasteiger partial charge is 0.496 e. The Kier molecular flexibility index (Phi) is 4.16. The second kappa shape index (κ2) is 6.26. The van der Waals surface area contributed by atoms with Crippen LogP contribution in [-0.2, 0) is 0 Å². The highest BCUT2D eigenvalue weighted by atomic mass is 35.5. The van der Waals surface area contributed by atoms with E-state index >= 15 is 0 Å². The van der Waals surface area contributed by atoms with E-state index in [1.165, 1.54) is 26.6 Å². The van der Waals surface area contributed by atoms with Gasteiger partial charge in [-0.25, -0.2) is 9.37 Å². The van der Waals surface area contributed by atoms with E-state index in [0.717, 1.165) is 0 Å². The molecule has 0 fully saturated rings. The van der Waals surface area contributed by atoms with Crippen molar-refractivity contribution in [3.05, 3.63) is 47.5 Å². The Balaban J connectivity index is 2.26. The minimum Gasteiger partial charge on any atom is -0.496 e. The first kappa shape index (κ1) is 15.3. The Bertz CT molecular complexity index is 838. The smallest absolute Gasteiger partial charge is 0.165 e. The van der Waals surface area contributed by atoms with E-state index in [2.05, 4.69) is 15.2 Å². The zero-order valence-electron chi connectivity index (χ0n) is 12.4. The summed E-state index contributed by atoms with van der Waals surface area (Å²) in [5, 5.41) is 7.12. The zero-order valence-corrected chi connectivity index (χ0v) is 13.2. The van der Waals surface area contributed by atoms with Crippen molar-refractivity contribution in [2.24, 2.45) is 0 Å². The van der Waals surface area contributed by atoms with Crippen molar-refractivity contribution in [1.29, 1.82) is 0 Å². The number of ether oxygens (including phenoxy) is 2. The highest BCUT2D eigenvalue weighted by Crippen LogP contribution is 2.40. The summed E-state index contributed by atoms with van der Waals surface area (Å²) in [6.45, 7) is 0. The molecule has 0 unspecified atom stereocenters. The first-order valence-electron chi connectivity index (χ1n) is 6.71. The topological polar surface area (TPSA) is 60.0 Å². The highest BCUT2D eigenvalue weighted by Gasteiger charge is 2.18. The van der Waals surface area contributed by atoms with Crippen molar-refractivity contribution in [1.82, 2.24) is 15.2 Å². The van der Waals surface area contributed by atoms with Crippen LogP contribution < -0.4 is 9.47 Å². The second-order valence-electron chi connectivity index (χ2n) is 4.71. The lowest BCUT2D eigenvalue weighted by atomic mass is 9.98. The molecule has 23 heavy (non-hydrogen) atoms. The monoisotopic (exact) mass is 333 g/mol. The average Bonchev–Trinajstić information content (AvgIpc) is 3.07. The molecule has 3 aromatic rings. The van der Waals surface area contributed by atoms with E-state index in [1.54, 1.807) is 24.3 Å². The van der Waals surface area contributed by atoms with Gasteiger partial charge < -0.3 is 9.47 Å². The van der Waals surface area contributed by atoms with Crippen LogP contribution in [0.4, 0.5) is 4.39 Å².